The van der Waals surface area contributed by atoms with Crippen LogP contribution < -0.4 is 0 Å². The molecule has 18 heavy (non-hydrogen) atoms. The second-order valence-electron chi connectivity index (χ2n) is 4.80. The summed E-state index contributed by atoms with van der Waals surface area (Å²) in [4.78, 5) is 1.99. The van der Waals surface area contributed by atoms with Gasteiger partial charge in [-0.15, -0.1) is 0 Å². The Morgan fingerprint density at radius 3 is 2.00 bits per heavy atom. The number of rotatable bonds is 3. The first-order valence-electron chi connectivity index (χ1n) is 6.49. The van der Waals surface area contributed by atoms with Gasteiger partial charge in [0.2, 0.25) is 0 Å². The number of hydrogen-bond acceptors (Lipinski definition) is 4. The Balaban J connectivity index is 1.93. The molecule has 0 aromatic rings. The van der Waals surface area contributed by atoms with E-state index in [9.17, 15) is 8.42 Å². The molecule has 0 unspecified atom stereocenters. The molecule has 0 aromatic heterocycles. The lowest BCUT2D eigenvalue weighted by atomic mass is 10.2. The van der Waals surface area contributed by atoms with Gasteiger partial charge in [-0.05, 0) is 12.8 Å². The second-order valence-corrected chi connectivity index (χ2v) is 6.73. The SMILES string of the molecule is N#CCN1CCN(S(=O)(=O)N2CCCCC2)CC1. The third-order valence-corrected chi connectivity index (χ3v) is 5.63. The molecule has 0 aromatic carbocycles. The number of nitriles is 1. The lowest BCUT2D eigenvalue weighted by Crippen LogP contribution is -2.53. The molecule has 0 atom stereocenters. The standard InChI is InChI=1S/C11H20N4O2S/c12-4-7-13-8-10-15(11-9-13)18(16,17)14-5-2-1-3-6-14/h1-3,5-11H2. The molecule has 2 aliphatic heterocycles. The average Bonchev–Trinajstić information content (AvgIpc) is 2.41. The van der Waals surface area contributed by atoms with Gasteiger partial charge in [0.1, 0.15) is 0 Å². The third-order valence-electron chi connectivity index (χ3n) is 3.59. The first-order valence-corrected chi connectivity index (χ1v) is 7.89. The van der Waals surface area contributed by atoms with Crippen molar-refractivity contribution in [3.8, 4) is 6.07 Å². The number of nitrogens with zero attached hydrogens (tertiary/aromatic N) is 4. The van der Waals surface area contributed by atoms with Crippen molar-refractivity contribution < 1.29 is 8.42 Å². The Morgan fingerprint density at radius 1 is 0.889 bits per heavy atom. The highest BCUT2D eigenvalue weighted by Crippen LogP contribution is 2.17. The van der Waals surface area contributed by atoms with Crippen molar-refractivity contribution >= 4 is 10.2 Å². The van der Waals surface area contributed by atoms with Gasteiger partial charge in [-0.3, -0.25) is 4.90 Å². The van der Waals surface area contributed by atoms with E-state index >= 15 is 0 Å². The van der Waals surface area contributed by atoms with Gasteiger partial charge in [-0.1, -0.05) is 6.42 Å². The maximum absolute atomic E-state index is 12.4. The summed E-state index contributed by atoms with van der Waals surface area (Å²) in [5.41, 5.74) is 0. The summed E-state index contributed by atoms with van der Waals surface area (Å²) in [6.45, 7) is 4.00. The van der Waals surface area contributed by atoms with Crippen molar-refractivity contribution in [3.63, 3.8) is 0 Å². The summed E-state index contributed by atoms with van der Waals surface area (Å²) >= 11 is 0. The fourth-order valence-corrected chi connectivity index (χ4v) is 4.15. The molecule has 0 aliphatic carbocycles. The van der Waals surface area contributed by atoms with Crippen LogP contribution in [0.1, 0.15) is 19.3 Å². The summed E-state index contributed by atoms with van der Waals surface area (Å²) in [6.07, 6.45) is 3.06. The smallest absolute Gasteiger partial charge is 0.282 e. The Kier molecular flexibility index (Phi) is 4.56. The number of piperazine rings is 1. The monoisotopic (exact) mass is 272 g/mol. The molecular formula is C11H20N4O2S. The molecule has 0 amide bonds. The highest BCUT2D eigenvalue weighted by Gasteiger charge is 2.32. The van der Waals surface area contributed by atoms with Gasteiger partial charge in [0.25, 0.3) is 10.2 Å². The molecule has 0 radical (unpaired) electrons. The van der Waals surface area contributed by atoms with Crippen LogP contribution in [0.2, 0.25) is 0 Å². The van der Waals surface area contributed by atoms with Crippen LogP contribution in [0.4, 0.5) is 0 Å². The topological polar surface area (TPSA) is 67.6 Å². The van der Waals surface area contributed by atoms with Gasteiger partial charge < -0.3 is 0 Å². The zero-order chi connectivity index (χ0) is 13.0. The fourth-order valence-electron chi connectivity index (χ4n) is 2.48. The number of piperidine rings is 1. The minimum atomic E-state index is -3.27. The molecule has 2 aliphatic rings. The highest BCUT2D eigenvalue weighted by atomic mass is 32.2. The fraction of sp³-hybridized carbons (Fsp3) is 0.909. The van der Waals surface area contributed by atoms with Crippen molar-refractivity contribution in [1.29, 1.82) is 5.26 Å². The van der Waals surface area contributed by atoms with E-state index in [-0.39, 0.29) is 0 Å². The Bertz CT molecular complexity index is 403. The summed E-state index contributed by atoms with van der Waals surface area (Å²) < 4.78 is 27.9. The Hall–Kier alpha value is -0.680. The molecular weight excluding hydrogens is 252 g/mol. The van der Waals surface area contributed by atoms with E-state index in [1.165, 1.54) is 0 Å². The predicted octanol–water partition coefficient (Wildman–Crippen LogP) is -0.142. The molecule has 2 saturated heterocycles. The van der Waals surface area contributed by atoms with E-state index in [0.29, 0.717) is 45.8 Å². The normalized spacial score (nSPS) is 24.8. The van der Waals surface area contributed by atoms with Crippen LogP contribution >= 0.6 is 0 Å². The van der Waals surface area contributed by atoms with Crippen LogP contribution in [0.3, 0.4) is 0 Å². The molecule has 0 spiro atoms. The average molecular weight is 272 g/mol. The predicted molar refractivity (Wildman–Crippen MR) is 68.0 cm³/mol. The van der Waals surface area contributed by atoms with Crippen LogP contribution in [-0.2, 0) is 10.2 Å². The molecule has 0 bridgehead atoms. The molecule has 6 nitrogen and oxygen atoms in total. The van der Waals surface area contributed by atoms with Crippen LogP contribution in [-0.4, -0.2) is 67.7 Å². The van der Waals surface area contributed by atoms with E-state index in [1.807, 2.05) is 4.90 Å². The lowest BCUT2D eigenvalue weighted by Gasteiger charge is -2.36. The van der Waals surface area contributed by atoms with Crippen LogP contribution in [0, 0.1) is 11.3 Å². The summed E-state index contributed by atoms with van der Waals surface area (Å²) in [5.74, 6) is 0. The minimum absolute atomic E-state index is 0.387. The van der Waals surface area contributed by atoms with E-state index in [0.717, 1.165) is 19.3 Å². The molecule has 102 valence electrons. The highest BCUT2D eigenvalue weighted by molar-refractivity contribution is 7.86. The lowest BCUT2D eigenvalue weighted by molar-refractivity contribution is 0.194. The van der Waals surface area contributed by atoms with Gasteiger partial charge in [0.05, 0.1) is 12.6 Å². The molecule has 2 heterocycles. The van der Waals surface area contributed by atoms with E-state index in [1.54, 1.807) is 8.61 Å². The second kappa shape index (κ2) is 5.97. The van der Waals surface area contributed by atoms with Crippen LogP contribution in [0.5, 0.6) is 0 Å². The maximum Gasteiger partial charge on any atom is 0.282 e. The number of hydrogen-bond donors (Lipinski definition) is 0. The quantitative estimate of drug-likeness (QED) is 0.671. The molecule has 0 N–H and O–H groups in total. The molecule has 0 saturated carbocycles. The van der Waals surface area contributed by atoms with Crippen molar-refractivity contribution in [2.75, 3.05) is 45.8 Å². The van der Waals surface area contributed by atoms with Crippen molar-refractivity contribution in [3.05, 3.63) is 0 Å². The first kappa shape index (κ1) is 13.7. The summed E-state index contributed by atoms with van der Waals surface area (Å²) in [7, 11) is -3.27. The third kappa shape index (κ3) is 3.01. The first-order chi connectivity index (χ1) is 8.64. The van der Waals surface area contributed by atoms with Crippen molar-refractivity contribution in [2.24, 2.45) is 0 Å². The zero-order valence-electron chi connectivity index (χ0n) is 10.6. The Labute approximate surface area is 109 Å². The van der Waals surface area contributed by atoms with Gasteiger partial charge in [0.15, 0.2) is 0 Å². The van der Waals surface area contributed by atoms with E-state index in [2.05, 4.69) is 6.07 Å². The molecule has 7 heteroatoms. The van der Waals surface area contributed by atoms with E-state index in [4.69, 9.17) is 5.26 Å². The summed E-state index contributed by atoms with van der Waals surface area (Å²) in [6, 6.07) is 2.10. The van der Waals surface area contributed by atoms with Gasteiger partial charge in [-0.25, -0.2) is 0 Å². The molecule has 2 fully saturated rings. The minimum Gasteiger partial charge on any atom is -0.288 e. The van der Waals surface area contributed by atoms with Crippen LogP contribution in [0.15, 0.2) is 0 Å². The van der Waals surface area contributed by atoms with E-state index < -0.39 is 10.2 Å². The van der Waals surface area contributed by atoms with Crippen LogP contribution in [0.25, 0.3) is 0 Å². The zero-order valence-corrected chi connectivity index (χ0v) is 11.4. The Morgan fingerprint density at radius 2 is 1.44 bits per heavy atom. The van der Waals surface area contributed by atoms with Gasteiger partial charge in [-0.2, -0.15) is 22.3 Å². The molecule has 2 rings (SSSR count). The van der Waals surface area contributed by atoms with Crippen molar-refractivity contribution in [2.45, 2.75) is 19.3 Å². The van der Waals surface area contributed by atoms with Gasteiger partial charge in [0, 0.05) is 39.3 Å². The van der Waals surface area contributed by atoms with Crippen molar-refractivity contribution in [1.82, 2.24) is 13.5 Å². The largest absolute Gasteiger partial charge is 0.288 e. The summed E-state index contributed by atoms with van der Waals surface area (Å²) in [5, 5.41) is 8.62. The van der Waals surface area contributed by atoms with Gasteiger partial charge >= 0.3 is 0 Å². The maximum atomic E-state index is 12.4.